The highest BCUT2D eigenvalue weighted by atomic mass is 19.4. The van der Waals surface area contributed by atoms with Gasteiger partial charge in [0.05, 0.1) is 23.3 Å². The summed E-state index contributed by atoms with van der Waals surface area (Å²) in [4.78, 5) is 17.1. The molecule has 0 fully saturated rings. The van der Waals surface area contributed by atoms with Gasteiger partial charge in [0.15, 0.2) is 0 Å². The minimum Gasteiger partial charge on any atom is -0.406 e. The van der Waals surface area contributed by atoms with Crippen LogP contribution in [-0.4, -0.2) is 61.0 Å². The molecule has 4 aromatic carbocycles. The van der Waals surface area contributed by atoms with Crippen molar-refractivity contribution in [3.05, 3.63) is 109 Å². The highest BCUT2D eigenvalue weighted by Crippen LogP contribution is 2.36. The molecule has 0 aliphatic heterocycles. The first-order chi connectivity index (χ1) is 23.6. The van der Waals surface area contributed by atoms with Crippen LogP contribution < -0.4 is 20.2 Å². The van der Waals surface area contributed by atoms with Crippen LogP contribution >= 0.6 is 0 Å². The molecular formula is C34H27F3N10O2. The van der Waals surface area contributed by atoms with E-state index in [1.54, 1.807) is 40.6 Å². The zero-order valence-corrected chi connectivity index (χ0v) is 26.0. The predicted molar refractivity (Wildman–Crippen MR) is 179 cm³/mol. The molecule has 0 saturated carbocycles. The minimum atomic E-state index is -4.95. The quantitative estimate of drug-likeness (QED) is 0.144. The van der Waals surface area contributed by atoms with Crippen LogP contribution in [-0.2, 0) is 6.61 Å². The second kappa shape index (κ2) is 12.4. The Morgan fingerprint density at radius 1 is 0.857 bits per heavy atom. The van der Waals surface area contributed by atoms with Gasteiger partial charge in [0.2, 0.25) is 5.62 Å². The number of aliphatic imine (C=N–C) groups is 1. The van der Waals surface area contributed by atoms with Gasteiger partial charge in [-0.2, -0.15) is 9.97 Å². The molecule has 15 heteroatoms. The number of anilines is 4. The lowest BCUT2D eigenvalue weighted by Crippen LogP contribution is -2.26. The van der Waals surface area contributed by atoms with Crippen LogP contribution in [0.1, 0.15) is 5.56 Å². The first kappa shape index (κ1) is 31.3. The molecular weight excluding hydrogens is 637 g/mol. The Labute approximate surface area is 276 Å². The van der Waals surface area contributed by atoms with Crippen molar-refractivity contribution in [3.63, 3.8) is 0 Å². The van der Waals surface area contributed by atoms with Crippen LogP contribution in [0, 0.1) is 5.41 Å². The molecule has 2 N–H and O–H groups in total. The first-order valence-electron chi connectivity index (χ1n) is 14.9. The van der Waals surface area contributed by atoms with Gasteiger partial charge in [-0.1, -0.05) is 36.4 Å². The molecule has 0 atom stereocenters. The van der Waals surface area contributed by atoms with Gasteiger partial charge in [0.25, 0.3) is 5.78 Å². The summed E-state index contributed by atoms with van der Waals surface area (Å²) in [6.45, 7) is -0.123. The lowest BCUT2D eigenvalue weighted by Gasteiger charge is -2.22. The average molecular weight is 665 g/mol. The summed E-state index contributed by atoms with van der Waals surface area (Å²) in [5.74, 6) is 0.750. The van der Waals surface area contributed by atoms with Crippen LogP contribution in [0.25, 0.3) is 27.6 Å². The molecule has 7 aromatic rings. The van der Waals surface area contributed by atoms with E-state index >= 15 is 0 Å². The molecule has 49 heavy (non-hydrogen) atoms. The highest BCUT2D eigenvalue weighted by Gasteiger charge is 2.31. The largest absolute Gasteiger partial charge is 0.573 e. The van der Waals surface area contributed by atoms with E-state index in [0.717, 1.165) is 22.8 Å². The Bertz CT molecular complexity index is 2440. The van der Waals surface area contributed by atoms with E-state index in [1.165, 1.54) is 23.3 Å². The maximum Gasteiger partial charge on any atom is 0.573 e. The third kappa shape index (κ3) is 6.09. The number of hydrogen-bond donors (Lipinski definition) is 2. The van der Waals surface area contributed by atoms with Crippen molar-refractivity contribution in [2.75, 3.05) is 23.9 Å². The summed E-state index contributed by atoms with van der Waals surface area (Å²) in [5, 5.41) is 27.8. The minimum absolute atomic E-state index is 0.120. The van der Waals surface area contributed by atoms with Crippen molar-refractivity contribution >= 4 is 62.6 Å². The van der Waals surface area contributed by atoms with Crippen molar-refractivity contribution in [1.29, 1.82) is 5.41 Å². The van der Waals surface area contributed by atoms with Crippen LogP contribution in [0.5, 0.6) is 5.75 Å². The van der Waals surface area contributed by atoms with Gasteiger partial charge in [-0.15, -0.1) is 23.4 Å². The van der Waals surface area contributed by atoms with Gasteiger partial charge in [-0.05, 0) is 48.0 Å². The summed E-state index contributed by atoms with van der Waals surface area (Å²) < 4.78 is 47.9. The Morgan fingerprint density at radius 3 is 2.31 bits per heavy atom. The van der Waals surface area contributed by atoms with Gasteiger partial charge in [0, 0.05) is 48.4 Å². The molecule has 0 radical (unpaired) electrons. The summed E-state index contributed by atoms with van der Waals surface area (Å²) in [5.41, 5.74) is 3.09. The predicted octanol–water partition coefficient (Wildman–Crippen LogP) is 6.24. The second-order valence-corrected chi connectivity index (χ2v) is 11.0. The fourth-order valence-electron chi connectivity index (χ4n) is 5.59. The fraction of sp³-hybridized carbons (Fsp3) is 0.118. The molecule has 12 nitrogen and oxygen atoms in total. The van der Waals surface area contributed by atoms with E-state index in [1.807, 2.05) is 66.5 Å². The molecule has 0 aliphatic rings. The first-order valence-corrected chi connectivity index (χ1v) is 14.9. The van der Waals surface area contributed by atoms with Gasteiger partial charge < -0.3 is 19.6 Å². The van der Waals surface area contributed by atoms with E-state index in [0.29, 0.717) is 39.4 Å². The molecule has 0 unspecified atom stereocenters. The molecule has 0 saturated heterocycles. The number of aromatic nitrogens is 6. The summed E-state index contributed by atoms with van der Waals surface area (Å²) in [6, 6.07) is 26.0. The summed E-state index contributed by atoms with van der Waals surface area (Å²) in [7, 11) is 3.48. The maximum atomic E-state index is 13.5. The monoisotopic (exact) mass is 664 g/mol. The Balaban J connectivity index is 1.31. The molecule has 246 valence electrons. The van der Waals surface area contributed by atoms with Crippen molar-refractivity contribution in [3.8, 4) is 5.75 Å². The molecule has 0 bridgehead atoms. The van der Waals surface area contributed by atoms with Crippen LogP contribution in [0.2, 0.25) is 0 Å². The third-order valence-electron chi connectivity index (χ3n) is 7.92. The number of aliphatic hydroxyl groups excluding tert-OH is 1. The lowest BCUT2D eigenvalue weighted by molar-refractivity contribution is -0.274. The van der Waals surface area contributed by atoms with Gasteiger partial charge in [-0.25, -0.2) is 4.99 Å². The van der Waals surface area contributed by atoms with Gasteiger partial charge >= 0.3 is 6.36 Å². The molecule has 3 heterocycles. The maximum absolute atomic E-state index is 13.5. The van der Waals surface area contributed by atoms with E-state index in [2.05, 4.69) is 29.9 Å². The molecule has 0 aliphatic carbocycles. The highest BCUT2D eigenvalue weighted by molar-refractivity contribution is 5.95. The summed E-state index contributed by atoms with van der Waals surface area (Å²) >= 11 is 0. The number of ether oxygens (including phenoxy) is 1. The fourth-order valence-corrected chi connectivity index (χ4v) is 5.59. The van der Waals surface area contributed by atoms with Crippen LogP contribution in [0.4, 0.5) is 41.9 Å². The SMILES string of the molecule is CN(c1cccc(CO)c1)c1nc(=N)n(/C=N/c2cc(OC(F)(F)F)cc(N(C)c3nc4nncn4c4ccccc34)c2)c2ccccc12. The van der Waals surface area contributed by atoms with E-state index in [4.69, 9.17) is 5.41 Å². The number of fused-ring (bicyclic) bond motifs is 4. The number of nitrogens with zero attached hydrogens (tertiary/aromatic N) is 9. The number of halogens is 3. The van der Waals surface area contributed by atoms with E-state index < -0.39 is 12.1 Å². The average Bonchev–Trinajstić information content (AvgIpc) is 3.58. The zero-order chi connectivity index (χ0) is 34.3. The molecule has 0 spiro atoms. The van der Waals surface area contributed by atoms with Crippen molar-refractivity contribution in [1.82, 2.24) is 29.1 Å². The number of hydrogen-bond acceptors (Lipinski definition) is 10. The van der Waals surface area contributed by atoms with Crippen LogP contribution in [0.15, 0.2) is 102 Å². The third-order valence-corrected chi connectivity index (χ3v) is 7.92. The standard InChI is InChI=1S/C34H27F3N10O2/c1-44(23-9-7-8-21(14-23)18-48)30-26-10-3-5-12-28(26)46(32(38)41-30)19-39-22-15-24(17-25(16-22)49-34(35,36)37)45(2)31-27-11-4-6-13-29(27)47-20-40-43-33(47)42-31/h3-17,19-20,38,48H,18H2,1-2H3/b38-32?,39-19+. The normalized spacial score (nSPS) is 12.0. The molecule has 0 amide bonds. The van der Waals surface area contributed by atoms with Crippen molar-refractivity contribution in [2.24, 2.45) is 4.99 Å². The molecule has 7 rings (SSSR count). The number of alkyl halides is 3. The Kier molecular flexibility index (Phi) is 7.88. The van der Waals surface area contributed by atoms with Crippen molar-refractivity contribution in [2.45, 2.75) is 13.0 Å². The number of benzene rings is 4. The Hall–Kier alpha value is -6.35. The van der Waals surface area contributed by atoms with Crippen molar-refractivity contribution < 1.29 is 23.0 Å². The second-order valence-electron chi connectivity index (χ2n) is 11.0. The lowest BCUT2D eigenvalue weighted by atomic mass is 10.1. The Morgan fingerprint density at radius 2 is 1.55 bits per heavy atom. The number of para-hydroxylation sites is 2. The zero-order valence-electron chi connectivity index (χ0n) is 26.0. The number of aliphatic hydroxyl groups is 1. The van der Waals surface area contributed by atoms with Gasteiger partial charge in [0.1, 0.15) is 30.1 Å². The van der Waals surface area contributed by atoms with Gasteiger partial charge in [-0.3, -0.25) is 14.4 Å². The summed E-state index contributed by atoms with van der Waals surface area (Å²) in [6.07, 6.45) is -2.08. The van der Waals surface area contributed by atoms with Crippen LogP contribution in [0.3, 0.4) is 0 Å². The number of nitrogens with one attached hydrogen (secondary N) is 1. The smallest absolute Gasteiger partial charge is 0.406 e. The molecule has 3 aromatic heterocycles. The number of rotatable bonds is 8. The topological polar surface area (TPSA) is 133 Å². The van der Waals surface area contributed by atoms with E-state index in [9.17, 15) is 18.3 Å². The van der Waals surface area contributed by atoms with E-state index in [-0.39, 0.29) is 17.9 Å².